The summed E-state index contributed by atoms with van der Waals surface area (Å²) in [5, 5.41) is 1.04. The van der Waals surface area contributed by atoms with Gasteiger partial charge in [0.2, 0.25) is 5.91 Å². The second-order valence-electron chi connectivity index (χ2n) is 4.76. The van der Waals surface area contributed by atoms with E-state index in [0.29, 0.717) is 0 Å². The quantitative estimate of drug-likeness (QED) is 0.840. The van der Waals surface area contributed by atoms with Gasteiger partial charge >= 0.3 is 0 Å². The van der Waals surface area contributed by atoms with Gasteiger partial charge in [-0.25, -0.2) is 0 Å². The minimum atomic E-state index is -0.118. The molecule has 0 aliphatic carbocycles. The minimum Gasteiger partial charge on any atom is -0.324 e. The Balaban J connectivity index is 2.57. The van der Waals surface area contributed by atoms with Crippen molar-refractivity contribution in [2.75, 3.05) is 0 Å². The number of para-hydroxylation sites is 1. The number of nitrogens with two attached hydrogens (primary N) is 1. The minimum absolute atomic E-state index is 0.0000231. The zero-order chi connectivity index (χ0) is 13.3. The summed E-state index contributed by atoms with van der Waals surface area (Å²) >= 11 is 0. The van der Waals surface area contributed by atoms with Crippen LogP contribution < -0.4 is 5.73 Å². The van der Waals surface area contributed by atoms with Gasteiger partial charge < -0.3 is 5.73 Å². The van der Waals surface area contributed by atoms with Crippen LogP contribution in [0.2, 0.25) is 0 Å². The van der Waals surface area contributed by atoms with Crippen molar-refractivity contribution in [3.05, 3.63) is 48.2 Å². The molecule has 1 atom stereocenters. The molecule has 3 heteroatoms. The molecule has 2 rings (SSSR count). The average molecular weight is 242 g/mol. The maximum Gasteiger partial charge on any atom is 0.227 e. The number of fused-ring (bicyclic) bond motifs is 1. The van der Waals surface area contributed by atoms with Crippen molar-refractivity contribution in [3.63, 3.8) is 0 Å². The Morgan fingerprint density at radius 2 is 2.06 bits per heavy atom. The van der Waals surface area contributed by atoms with Crippen LogP contribution in [-0.4, -0.2) is 10.5 Å². The second-order valence-corrected chi connectivity index (χ2v) is 4.76. The van der Waals surface area contributed by atoms with E-state index in [0.717, 1.165) is 28.5 Å². The molecule has 0 radical (unpaired) electrons. The summed E-state index contributed by atoms with van der Waals surface area (Å²) in [6.07, 6.45) is 2.58. The molecular formula is C15H18N2O. The molecule has 94 valence electrons. The van der Waals surface area contributed by atoms with E-state index >= 15 is 0 Å². The van der Waals surface area contributed by atoms with E-state index in [4.69, 9.17) is 5.73 Å². The lowest BCUT2D eigenvalue weighted by Crippen LogP contribution is -2.10. The van der Waals surface area contributed by atoms with Crippen molar-refractivity contribution in [3.8, 4) is 0 Å². The van der Waals surface area contributed by atoms with Crippen LogP contribution >= 0.6 is 0 Å². The number of nitrogens with zero attached hydrogens (tertiary/aromatic N) is 1. The number of carbonyl (C=O) groups is 1. The lowest BCUT2D eigenvalue weighted by molar-refractivity contribution is 0.0941. The third kappa shape index (κ3) is 2.22. The zero-order valence-electron chi connectivity index (χ0n) is 10.8. The Morgan fingerprint density at radius 1 is 1.39 bits per heavy atom. The fraction of sp³-hybridized carbons (Fsp3) is 0.267. The van der Waals surface area contributed by atoms with E-state index in [1.54, 1.807) is 11.5 Å². The highest BCUT2D eigenvalue weighted by Crippen LogP contribution is 2.28. The van der Waals surface area contributed by atoms with Crippen LogP contribution in [0.1, 0.15) is 36.7 Å². The molecule has 1 aromatic heterocycles. The highest BCUT2D eigenvalue weighted by atomic mass is 16.1. The predicted octanol–water partition coefficient (Wildman–Crippen LogP) is 3.27. The molecule has 0 unspecified atom stereocenters. The zero-order valence-corrected chi connectivity index (χ0v) is 10.8. The largest absolute Gasteiger partial charge is 0.324 e. The molecule has 3 nitrogen and oxygen atoms in total. The summed E-state index contributed by atoms with van der Waals surface area (Å²) < 4.78 is 1.66. The van der Waals surface area contributed by atoms with E-state index in [2.05, 4.69) is 6.58 Å². The second kappa shape index (κ2) is 4.78. The highest BCUT2D eigenvalue weighted by molar-refractivity contribution is 5.93. The first-order valence-electron chi connectivity index (χ1n) is 6.01. The summed E-state index contributed by atoms with van der Waals surface area (Å²) in [5.74, 6) is -0.0000231. The molecular weight excluding hydrogens is 224 g/mol. The van der Waals surface area contributed by atoms with Gasteiger partial charge in [0, 0.05) is 24.5 Å². The fourth-order valence-electron chi connectivity index (χ4n) is 2.25. The number of benzene rings is 1. The van der Waals surface area contributed by atoms with Crippen LogP contribution in [0.15, 0.2) is 42.6 Å². The van der Waals surface area contributed by atoms with Gasteiger partial charge in [0.1, 0.15) is 0 Å². The molecule has 0 aliphatic rings. The molecule has 0 aliphatic heterocycles. The SMILES string of the molecule is C=C(C)C[C@@H](N)c1cn(C(C)=O)c2ccccc12. The molecule has 0 saturated heterocycles. The lowest BCUT2D eigenvalue weighted by Gasteiger charge is -2.10. The first-order valence-corrected chi connectivity index (χ1v) is 6.01. The Morgan fingerprint density at radius 3 is 2.67 bits per heavy atom. The van der Waals surface area contributed by atoms with E-state index in [-0.39, 0.29) is 11.9 Å². The summed E-state index contributed by atoms with van der Waals surface area (Å²) in [6.45, 7) is 7.41. The van der Waals surface area contributed by atoms with Gasteiger partial charge in [-0.3, -0.25) is 9.36 Å². The third-order valence-electron chi connectivity index (χ3n) is 3.05. The predicted molar refractivity (Wildman–Crippen MR) is 74.6 cm³/mol. The number of hydrogen-bond donors (Lipinski definition) is 1. The van der Waals surface area contributed by atoms with E-state index < -0.39 is 0 Å². The first kappa shape index (κ1) is 12.6. The number of rotatable bonds is 3. The van der Waals surface area contributed by atoms with Crippen molar-refractivity contribution >= 4 is 16.8 Å². The molecule has 1 aromatic carbocycles. The van der Waals surface area contributed by atoms with Gasteiger partial charge in [0.05, 0.1) is 5.52 Å². The molecule has 0 amide bonds. The van der Waals surface area contributed by atoms with Crippen molar-refractivity contribution in [1.82, 2.24) is 4.57 Å². The van der Waals surface area contributed by atoms with Gasteiger partial charge in [-0.05, 0) is 25.0 Å². The average Bonchev–Trinajstić information content (AvgIpc) is 2.67. The summed E-state index contributed by atoms with van der Waals surface area (Å²) in [7, 11) is 0. The van der Waals surface area contributed by atoms with Crippen molar-refractivity contribution < 1.29 is 4.79 Å². The van der Waals surface area contributed by atoms with Crippen LogP contribution in [0.4, 0.5) is 0 Å². The molecule has 2 aromatic rings. The van der Waals surface area contributed by atoms with Gasteiger partial charge in [-0.15, -0.1) is 6.58 Å². The molecule has 2 N–H and O–H groups in total. The van der Waals surface area contributed by atoms with Gasteiger partial charge in [-0.1, -0.05) is 23.8 Å². The smallest absolute Gasteiger partial charge is 0.227 e. The summed E-state index contributed by atoms with van der Waals surface area (Å²) in [6, 6.07) is 7.71. The first-order chi connectivity index (χ1) is 8.50. The van der Waals surface area contributed by atoms with Crippen LogP contribution in [0.3, 0.4) is 0 Å². The Labute approximate surface area is 107 Å². The molecule has 0 saturated carbocycles. The van der Waals surface area contributed by atoms with Gasteiger partial charge in [-0.2, -0.15) is 0 Å². The molecule has 0 bridgehead atoms. The summed E-state index contributed by atoms with van der Waals surface area (Å²) in [5.41, 5.74) is 9.15. The van der Waals surface area contributed by atoms with Crippen molar-refractivity contribution in [2.24, 2.45) is 5.73 Å². The van der Waals surface area contributed by atoms with Crippen LogP contribution in [0.5, 0.6) is 0 Å². The maximum absolute atomic E-state index is 11.6. The van der Waals surface area contributed by atoms with Crippen molar-refractivity contribution in [1.29, 1.82) is 0 Å². The summed E-state index contributed by atoms with van der Waals surface area (Å²) in [4.78, 5) is 11.6. The van der Waals surface area contributed by atoms with Crippen LogP contribution in [0, 0.1) is 0 Å². The Bertz CT molecular complexity index is 610. The normalized spacial score (nSPS) is 12.6. The van der Waals surface area contributed by atoms with E-state index in [1.165, 1.54) is 0 Å². The highest BCUT2D eigenvalue weighted by Gasteiger charge is 2.15. The van der Waals surface area contributed by atoms with Gasteiger partial charge in [0.15, 0.2) is 0 Å². The Hall–Kier alpha value is -1.87. The van der Waals surface area contributed by atoms with Crippen LogP contribution in [0.25, 0.3) is 10.9 Å². The lowest BCUT2D eigenvalue weighted by atomic mass is 10.0. The Kier molecular flexibility index (Phi) is 3.34. The van der Waals surface area contributed by atoms with E-state index in [1.807, 2.05) is 37.4 Å². The van der Waals surface area contributed by atoms with Gasteiger partial charge in [0.25, 0.3) is 0 Å². The van der Waals surface area contributed by atoms with Crippen molar-refractivity contribution in [2.45, 2.75) is 26.3 Å². The number of hydrogen-bond acceptors (Lipinski definition) is 2. The molecule has 0 fully saturated rings. The number of carbonyl (C=O) groups excluding carboxylic acids is 1. The molecule has 1 heterocycles. The fourth-order valence-corrected chi connectivity index (χ4v) is 2.25. The van der Waals surface area contributed by atoms with Crippen LogP contribution in [-0.2, 0) is 0 Å². The van der Waals surface area contributed by atoms with E-state index in [9.17, 15) is 4.79 Å². The maximum atomic E-state index is 11.6. The third-order valence-corrected chi connectivity index (χ3v) is 3.05. The molecule has 18 heavy (non-hydrogen) atoms. The standard InChI is InChI=1S/C15H18N2O/c1-10(2)8-14(16)13-9-17(11(3)18)15-7-5-4-6-12(13)15/h4-7,9,14H,1,8,16H2,2-3H3/t14-/m1/s1. The monoisotopic (exact) mass is 242 g/mol. The number of aromatic nitrogens is 1. The topological polar surface area (TPSA) is 48.0 Å². The molecule has 0 spiro atoms.